The first kappa shape index (κ1) is 23.8. The number of piperidine rings is 1. The number of amides is 1. The Bertz CT molecular complexity index is 844. The molecule has 2 aromatic rings. The van der Waals surface area contributed by atoms with E-state index in [0.29, 0.717) is 23.2 Å². The van der Waals surface area contributed by atoms with E-state index in [1.54, 1.807) is 27.5 Å². The monoisotopic (exact) mass is 443 g/mol. The van der Waals surface area contributed by atoms with Crippen molar-refractivity contribution in [1.29, 1.82) is 0 Å². The molecule has 1 atom stereocenters. The summed E-state index contributed by atoms with van der Waals surface area (Å²) in [5.74, 6) is 2.10. The number of hydrogen-bond acceptors (Lipinski definition) is 7. The van der Waals surface area contributed by atoms with Gasteiger partial charge in [-0.15, -0.1) is 0 Å². The molecule has 0 aliphatic carbocycles. The van der Waals surface area contributed by atoms with E-state index in [9.17, 15) is 4.79 Å². The Morgan fingerprint density at radius 1 is 1.09 bits per heavy atom. The van der Waals surface area contributed by atoms with Gasteiger partial charge in [0, 0.05) is 19.9 Å². The molecule has 1 aliphatic rings. The minimum absolute atomic E-state index is 0.0450. The van der Waals surface area contributed by atoms with Crippen LogP contribution < -0.4 is 19.5 Å². The molecular formula is C24H33N3O5. The van der Waals surface area contributed by atoms with Gasteiger partial charge in [0.25, 0.3) is 0 Å². The molecule has 0 radical (unpaired) electrons. The average Bonchev–Trinajstić information content (AvgIpc) is 2.83. The fourth-order valence-electron chi connectivity index (χ4n) is 4.27. The van der Waals surface area contributed by atoms with E-state index >= 15 is 0 Å². The highest BCUT2D eigenvalue weighted by atomic mass is 16.5. The predicted molar refractivity (Wildman–Crippen MR) is 121 cm³/mol. The van der Waals surface area contributed by atoms with Gasteiger partial charge in [0.05, 0.1) is 33.1 Å². The summed E-state index contributed by atoms with van der Waals surface area (Å²) in [6, 6.07) is 9.68. The van der Waals surface area contributed by atoms with Crippen molar-refractivity contribution in [3.8, 4) is 17.2 Å². The van der Waals surface area contributed by atoms with E-state index in [1.807, 2.05) is 30.3 Å². The first-order chi connectivity index (χ1) is 15.6. The fraction of sp³-hybridized carbons (Fsp3) is 0.500. The van der Waals surface area contributed by atoms with Crippen LogP contribution in [0.15, 0.2) is 36.5 Å². The summed E-state index contributed by atoms with van der Waals surface area (Å²) in [5.41, 5.74) is 1.99. The molecule has 8 nitrogen and oxygen atoms in total. The molecule has 3 rings (SSSR count). The number of methoxy groups -OCH3 is 4. The third kappa shape index (κ3) is 5.89. The molecule has 8 heteroatoms. The third-order valence-electron chi connectivity index (χ3n) is 5.83. The maximum absolute atomic E-state index is 12.2. The number of nitrogens with one attached hydrogen (secondary N) is 1. The topological polar surface area (TPSA) is 82.2 Å². The molecule has 1 fully saturated rings. The van der Waals surface area contributed by atoms with Crippen LogP contribution in [0.2, 0.25) is 0 Å². The lowest BCUT2D eigenvalue weighted by atomic mass is 9.87. The number of likely N-dealkylation sites (tertiary alicyclic amines) is 1. The van der Waals surface area contributed by atoms with Gasteiger partial charge in [0.2, 0.25) is 11.7 Å². The molecule has 1 aromatic heterocycles. The lowest BCUT2D eigenvalue weighted by Crippen LogP contribution is -2.41. The third-order valence-corrected chi connectivity index (χ3v) is 5.83. The predicted octanol–water partition coefficient (Wildman–Crippen LogP) is 2.82. The molecule has 0 spiro atoms. The van der Waals surface area contributed by atoms with Crippen LogP contribution in [0.4, 0.5) is 0 Å². The van der Waals surface area contributed by atoms with Crippen LogP contribution in [-0.4, -0.2) is 63.9 Å². The number of pyridine rings is 1. The number of carbonyl (C=O) groups is 1. The van der Waals surface area contributed by atoms with Gasteiger partial charge in [-0.05, 0) is 61.7 Å². The fourth-order valence-corrected chi connectivity index (χ4v) is 4.27. The molecule has 32 heavy (non-hydrogen) atoms. The second-order valence-electron chi connectivity index (χ2n) is 7.88. The minimum Gasteiger partial charge on any atom is -0.493 e. The molecule has 1 N–H and O–H groups in total. The summed E-state index contributed by atoms with van der Waals surface area (Å²) in [7, 11) is 6.38. The number of carbonyl (C=O) groups excluding carboxylic acids is 1. The minimum atomic E-state index is -0.123. The van der Waals surface area contributed by atoms with Crippen LogP contribution in [-0.2, 0) is 16.1 Å². The van der Waals surface area contributed by atoms with Crippen LogP contribution in [0.25, 0.3) is 0 Å². The van der Waals surface area contributed by atoms with Crippen LogP contribution in [0.5, 0.6) is 17.2 Å². The van der Waals surface area contributed by atoms with Crippen LogP contribution >= 0.6 is 0 Å². The first-order valence-electron chi connectivity index (χ1n) is 10.8. The van der Waals surface area contributed by atoms with Crippen molar-refractivity contribution in [2.45, 2.75) is 25.4 Å². The van der Waals surface area contributed by atoms with Gasteiger partial charge in [0.15, 0.2) is 11.5 Å². The number of aromatic nitrogens is 1. The maximum atomic E-state index is 12.2. The van der Waals surface area contributed by atoms with Crippen molar-refractivity contribution in [1.82, 2.24) is 15.2 Å². The van der Waals surface area contributed by atoms with Gasteiger partial charge in [0.1, 0.15) is 6.61 Å². The maximum Gasteiger partial charge on any atom is 0.246 e. The van der Waals surface area contributed by atoms with Crippen molar-refractivity contribution in [3.05, 3.63) is 47.8 Å². The summed E-state index contributed by atoms with van der Waals surface area (Å²) >= 11 is 0. The molecule has 1 amide bonds. The Morgan fingerprint density at radius 2 is 1.78 bits per heavy atom. The van der Waals surface area contributed by atoms with Crippen molar-refractivity contribution in [2.24, 2.45) is 5.92 Å². The smallest absolute Gasteiger partial charge is 0.246 e. The molecule has 0 unspecified atom stereocenters. The Labute approximate surface area is 189 Å². The first-order valence-corrected chi connectivity index (χ1v) is 10.8. The van der Waals surface area contributed by atoms with Crippen molar-refractivity contribution in [3.63, 3.8) is 0 Å². The lowest BCUT2D eigenvalue weighted by molar-refractivity contribution is -0.126. The van der Waals surface area contributed by atoms with E-state index in [4.69, 9.17) is 18.9 Å². The average molecular weight is 444 g/mol. The Hall–Kier alpha value is -2.84. The van der Waals surface area contributed by atoms with Gasteiger partial charge in [-0.3, -0.25) is 14.7 Å². The second-order valence-corrected chi connectivity index (χ2v) is 7.88. The standard InChI is InChI=1S/C24H33N3O5/c1-29-16-22(28)26-23(19-7-5-6-10-25-19)18-8-11-27(12-9-18)15-17-13-20(30-2)24(32-4)21(14-17)31-3/h5-7,10,13-14,18,23H,8-9,11-12,15-16H2,1-4H3,(H,26,28)/t23-/m1/s1. The number of hydrogen-bond donors (Lipinski definition) is 1. The summed E-state index contributed by atoms with van der Waals surface area (Å²) < 4.78 is 21.4. The molecule has 1 aliphatic heterocycles. The highest BCUT2D eigenvalue weighted by Gasteiger charge is 2.30. The van der Waals surface area contributed by atoms with Crippen molar-refractivity contribution >= 4 is 5.91 Å². The quantitative estimate of drug-likeness (QED) is 0.605. The van der Waals surface area contributed by atoms with Crippen molar-refractivity contribution in [2.75, 3.05) is 48.1 Å². The van der Waals surface area contributed by atoms with E-state index in [-0.39, 0.29) is 18.6 Å². The summed E-state index contributed by atoms with van der Waals surface area (Å²) in [4.78, 5) is 19.1. The van der Waals surface area contributed by atoms with Crippen LogP contribution in [0.1, 0.15) is 30.1 Å². The number of nitrogens with zero attached hydrogens (tertiary/aromatic N) is 2. The molecule has 1 saturated heterocycles. The lowest BCUT2D eigenvalue weighted by Gasteiger charge is -2.36. The zero-order valence-corrected chi connectivity index (χ0v) is 19.3. The van der Waals surface area contributed by atoms with E-state index in [1.165, 1.54) is 7.11 Å². The zero-order valence-electron chi connectivity index (χ0n) is 19.3. The van der Waals surface area contributed by atoms with Gasteiger partial charge in [-0.1, -0.05) is 6.07 Å². The number of rotatable bonds is 10. The molecular weight excluding hydrogens is 410 g/mol. The van der Waals surface area contributed by atoms with Gasteiger partial charge >= 0.3 is 0 Å². The van der Waals surface area contributed by atoms with E-state index in [0.717, 1.165) is 43.7 Å². The highest BCUT2D eigenvalue weighted by Crippen LogP contribution is 2.39. The number of ether oxygens (including phenoxy) is 4. The van der Waals surface area contributed by atoms with Crippen LogP contribution in [0, 0.1) is 5.92 Å². The Kier molecular flexibility index (Phi) is 8.70. The Balaban J connectivity index is 1.67. The zero-order chi connectivity index (χ0) is 22.9. The van der Waals surface area contributed by atoms with E-state index in [2.05, 4.69) is 15.2 Å². The molecule has 1 aromatic carbocycles. The Morgan fingerprint density at radius 3 is 2.31 bits per heavy atom. The SMILES string of the molecule is COCC(=O)N[C@@H](c1ccccn1)C1CCN(Cc2cc(OC)c(OC)c(OC)c2)CC1. The molecule has 2 heterocycles. The van der Waals surface area contributed by atoms with Gasteiger partial charge < -0.3 is 24.3 Å². The summed E-state index contributed by atoms with van der Waals surface area (Å²) in [6.45, 7) is 2.67. The number of benzene rings is 1. The molecule has 0 saturated carbocycles. The second kappa shape index (κ2) is 11.7. The van der Waals surface area contributed by atoms with Crippen LogP contribution in [0.3, 0.4) is 0 Å². The van der Waals surface area contributed by atoms with E-state index < -0.39 is 0 Å². The van der Waals surface area contributed by atoms with Gasteiger partial charge in [-0.2, -0.15) is 0 Å². The normalized spacial score (nSPS) is 15.8. The van der Waals surface area contributed by atoms with Crippen molar-refractivity contribution < 1.29 is 23.7 Å². The molecule has 0 bridgehead atoms. The summed E-state index contributed by atoms with van der Waals surface area (Å²) in [6.07, 6.45) is 3.68. The van der Waals surface area contributed by atoms with Gasteiger partial charge in [-0.25, -0.2) is 0 Å². The highest BCUT2D eigenvalue weighted by molar-refractivity contribution is 5.77. The summed E-state index contributed by atoms with van der Waals surface area (Å²) in [5, 5.41) is 3.12. The molecule has 174 valence electrons. The largest absolute Gasteiger partial charge is 0.493 e.